The standard InChI is InChI=1S/C16H22N2O5/c1-10(14(20)22-5)18(15(21)23-16(2,3)4)13(19)11-7-6-8-12(17)9-11/h6-10H,17H2,1-5H3/t10-/m0/s1. The molecule has 126 valence electrons. The molecule has 7 nitrogen and oxygen atoms in total. The molecule has 1 atom stereocenters. The normalized spacial score (nSPS) is 12.2. The van der Waals surface area contributed by atoms with Crippen molar-refractivity contribution in [3.63, 3.8) is 0 Å². The Kier molecular flexibility index (Phi) is 5.73. The Bertz CT molecular complexity index is 607. The van der Waals surface area contributed by atoms with E-state index in [-0.39, 0.29) is 5.56 Å². The molecule has 0 unspecified atom stereocenters. The average Bonchev–Trinajstić information content (AvgIpc) is 2.44. The number of benzene rings is 1. The van der Waals surface area contributed by atoms with Gasteiger partial charge in [-0.3, -0.25) is 4.79 Å². The lowest BCUT2D eigenvalue weighted by atomic mass is 10.1. The Hall–Kier alpha value is -2.57. The lowest BCUT2D eigenvalue weighted by Gasteiger charge is -2.29. The number of ether oxygens (including phenoxy) is 2. The highest BCUT2D eigenvalue weighted by Crippen LogP contribution is 2.17. The maximum absolute atomic E-state index is 12.6. The van der Waals surface area contributed by atoms with Crippen molar-refractivity contribution in [1.29, 1.82) is 0 Å². The van der Waals surface area contributed by atoms with Crippen LogP contribution in [0.5, 0.6) is 0 Å². The SMILES string of the molecule is COC(=O)[C@H](C)N(C(=O)OC(C)(C)C)C(=O)c1cccc(N)c1. The van der Waals surface area contributed by atoms with Crippen LogP contribution in [-0.4, -0.2) is 41.6 Å². The molecule has 1 aromatic carbocycles. The molecule has 2 amide bonds. The molecule has 0 aliphatic rings. The summed E-state index contributed by atoms with van der Waals surface area (Å²) in [6, 6.07) is 4.98. The van der Waals surface area contributed by atoms with Crippen LogP contribution in [0.3, 0.4) is 0 Å². The van der Waals surface area contributed by atoms with Gasteiger partial charge in [0.2, 0.25) is 0 Å². The summed E-state index contributed by atoms with van der Waals surface area (Å²) in [5.74, 6) is -1.42. The van der Waals surface area contributed by atoms with E-state index in [1.54, 1.807) is 32.9 Å². The van der Waals surface area contributed by atoms with Gasteiger partial charge in [-0.1, -0.05) is 6.07 Å². The van der Waals surface area contributed by atoms with Crippen LogP contribution >= 0.6 is 0 Å². The highest BCUT2D eigenvalue weighted by molar-refractivity contribution is 6.05. The van der Waals surface area contributed by atoms with E-state index in [0.29, 0.717) is 5.69 Å². The van der Waals surface area contributed by atoms with E-state index >= 15 is 0 Å². The van der Waals surface area contributed by atoms with E-state index < -0.39 is 29.6 Å². The number of esters is 1. The van der Waals surface area contributed by atoms with Crippen LogP contribution in [0.15, 0.2) is 24.3 Å². The maximum atomic E-state index is 12.6. The van der Waals surface area contributed by atoms with Gasteiger partial charge < -0.3 is 15.2 Å². The topological polar surface area (TPSA) is 98.9 Å². The predicted octanol–water partition coefficient (Wildman–Crippen LogP) is 2.21. The molecule has 0 saturated heterocycles. The monoisotopic (exact) mass is 322 g/mol. The zero-order valence-corrected chi connectivity index (χ0v) is 14.0. The Morgan fingerprint density at radius 3 is 2.30 bits per heavy atom. The first-order valence-electron chi connectivity index (χ1n) is 7.06. The van der Waals surface area contributed by atoms with Crippen LogP contribution in [0.2, 0.25) is 0 Å². The maximum Gasteiger partial charge on any atom is 0.418 e. The number of imide groups is 1. The van der Waals surface area contributed by atoms with Crippen molar-refractivity contribution >= 4 is 23.7 Å². The molecule has 0 aromatic heterocycles. The summed E-state index contributed by atoms with van der Waals surface area (Å²) in [4.78, 5) is 37.5. The molecule has 23 heavy (non-hydrogen) atoms. The highest BCUT2D eigenvalue weighted by Gasteiger charge is 2.36. The minimum Gasteiger partial charge on any atom is -0.467 e. The molecule has 0 fully saturated rings. The Labute approximate surface area is 135 Å². The quantitative estimate of drug-likeness (QED) is 0.676. The largest absolute Gasteiger partial charge is 0.467 e. The number of nitrogens with two attached hydrogens (primary N) is 1. The molecule has 0 spiro atoms. The van der Waals surface area contributed by atoms with Crippen LogP contribution in [0.1, 0.15) is 38.1 Å². The second-order valence-electron chi connectivity index (χ2n) is 5.98. The van der Waals surface area contributed by atoms with Gasteiger partial charge in [0.25, 0.3) is 5.91 Å². The fraction of sp³-hybridized carbons (Fsp3) is 0.438. The minimum absolute atomic E-state index is 0.173. The third kappa shape index (κ3) is 4.98. The molecule has 0 bridgehead atoms. The number of hydrogen-bond acceptors (Lipinski definition) is 6. The fourth-order valence-electron chi connectivity index (χ4n) is 1.81. The predicted molar refractivity (Wildman–Crippen MR) is 84.7 cm³/mol. The van der Waals surface area contributed by atoms with Crippen molar-refractivity contribution in [2.24, 2.45) is 0 Å². The second kappa shape index (κ2) is 7.13. The summed E-state index contributed by atoms with van der Waals surface area (Å²) in [7, 11) is 1.18. The number of carbonyl (C=O) groups is 3. The first kappa shape index (κ1) is 18.5. The van der Waals surface area contributed by atoms with Crippen molar-refractivity contribution in [2.45, 2.75) is 39.3 Å². The van der Waals surface area contributed by atoms with Crippen molar-refractivity contribution < 1.29 is 23.9 Å². The van der Waals surface area contributed by atoms with Gasteiger partial charge in [-0.05, 0) is 45.9 Å². The molecule has 0 saturated carbocycles. The molecule has 0 heterocycles. The van der Waals surface area contributed by atoms with E-state index in [4.69, 9.17) is 10.5 Å². The van der Waals surface area contributed by atoms with E-state index in [9.17, 15) is 14.4 Å². The summed E-state index contributed by atoms with van der Waals surface area (Å²) in [5, 5.41) is 0. The lowest BCUT2D eigenvalue weighted by molar-refractivity contribution is -0.145. The third-order valence-electron chi connectivity index (χ3n) is 2.87. The Morgan fingerprint density at radius 1 is 1.22 bits per heavy atom. The summed E-state index contributed by atoms with van der Waals surface area (Å²) in [6.07, 6.45) is -0.928. The molecule has 2 N–H and O–H groups in total. The van der Waals surface area contributed by atoms with Crippen molar-refractivity contribution in [2.75, 3.05) is 12.8 Å². The van der Waals surface area contributed by atoms with Crippen molar-refractivity contribution in [3.05, 3.63) is 29.8 Å². The van der Waals surface area contributed by atoms with Gasteiger partial charge in [0.15, 0.2) is 0 Å². The van der Waals surface area contributed by atoms with E-state index in [0.717, 1.165) is 4.90 Å². The minimum atomic E-state index is -1.14. The van der Waals surface area contributed by atoms with Gasteiger partial charge in [-0.15, -0.1) is 0 Å². The number of rotatable bonds is 3. The van der Waals surface area contributed by atoms with Crippen molar-refractivity contribution in [1.82, 2.24) is 4.90 Å². The molecule has 0 radical (unpaired) electrons. The highest BCUT2D eigenvalue weighted by atomic mass is 16.6. The van der Waals surface area contributed by atoms with Crippen LogP contribution in [0, 0.1) is 0 Å². The second-order valence-corrected chi connectivity index (χ2v) is 5.98. The average molecular weight is 322 g/mol. The molecular weight excluding hydrogens is 300 g/mol. The zero-order valence-electron chi connectivity index (χ0n) is 14.0. The van der Waals surface area contributed by atoms with Gasteiger partial charge >= 0.3 is 12.1 Å². The number of nitrogens with zero attached hydrogens (tertiary/aromatic N) is 1. The number of methoxy groups -OCH3 is 1. The van der Waals surface area contributed by atoms with Gasteiger partial charge in [0, 0.05) is 11.3 Å². The number of amides is 2. The van der Waals surface area contributed by atoms with E-state index in [1.165, 1.54) is 26.2 Å². The first-order valence-corrected chi connectivity index (χ1v) is 7.06. The smallest absolute Gasteiger partial charge is 0.418 e. The Morgan fingerprint density at radius 2 is 1.83 bits per heavy atom. The molecule has 7 heteroatoms. The zero-order chi connectivity index (χ0) is 17.8. The Balaban J connectivity index is 3.20. The molecule has 1 rings (SSSR count). The lowest BCUT2D eigenvalue weighted by Crippen LogP contribution is -2.49. The summed E-state index contributed by atoms with van der Waals surface area (Å²) in [5.41, 5.74) is 5.38. The first-order chi connectivity index (χ1) is 10.6. The summed E-state index contributed by atoms with van der Waals surface area (Å²) >= 11 is 0. The fourth-order valence-corrected chi connectivity index (χ4v) is 1.81. The summed E-state index contributed by atoms with van der Waals surface area (Å²) < 4.78 is 9.83. The van der Waals surface area contributed by atoms with Crippen molar-refractivity contribution in [3.8, 4) is 0 Å². The van der Waals surface area contributed by atoms with Gasteiger partial charge in [0.05, 0.1) is 7.11 Å². The number of anilines is 1. The van der Waals surface area contributed by atoms with Crippen LogP contribution in [0.25, 0.3) is 0 Å². The van der Waals surface area contributed by atoms with E-state index in [2.05, 4.69) is 4.74 Å². The molecule has 0 aliphatic carbocycles. The number of hydrogen-bond donors (Lipinski definition) is 1. The van der Waals surface area contributed by atoms with E-state index in [1.807, 2.05) is 0 Å². The molecule has 0 aliphatic heterocycles. The van der Waals surface area contributed by atoms with Gasteiger partial charge in [0.1, 0.15) is 11.6 Å². The van der Waals surface area contributed by atoms with Crippen LogP contribution < -0.4 is 5.73 Å². The van der Waals surface area contributed by atoms with Gasteiger partial charge in [-0.2, -0.15) is 0 Å². The molecular formula is C16H22N2O5. The van der Waals surface area contributed by atoms with Crippen LogP contribution in [0.4, 0.5) is 10.5 Å². The molecule has 1 aromatic rings. The number of nitrogen functional groups attached to an aromatic ring is 1. The summed E-state index contributed by atoms with van der Waals surface area (Å²) in [6.45, 7) is 6.38. The van der Waals surface area contributed by atoms with Crippen LogP contribution in [-0.2, 0) is 14.3 Å². The third-order valence-corrected chi connectivity index (χ3v) is 2.87. The van der Waals surface area contributed by atoms with Gasteiger partial charge in [-0.25, -0.2) is 14.5 Å². The number of carbonyl (C=O) groups excluding carboxylic acids is 3.